The first-order valence-electron chi connectivity index (χ1n) is 11.1. The molecule has 0 radical (unpaired) electrons. The summed E-state index contributed by atoms with van der Waals surface area (Å²) in [6.45, 7) is 11.1. The van der Waals surface area contributed by atoms with Crippen molar-refractivity contribution in [3.63, 3.8) is 0 Å². The summed E-state index contributed by atoms with van der Waals surface area (Å²) in [7, 11) is 3.45. The van der Waals surface area contributed by atoms with E-state index in [1.165, 1.54) is 22.3 Å². The van der Waals surface area contributed by atoms with Crippen LogP contribution in [0.15, 0.2) is 30.3 Å². The van der Waals surface area contributed by atoms with Crippen molar-refractivity contribution in [3.05, 3.63) is 52.6 Å². The molecule has 2 aromatic rings. The van der Waals surface area contributed by atoms with Crippen LogP contribution in [0.2, 0.25) is 0 Å². The van der Waals surface area contributed by atoms with Crippen LogP contribution in [0, 0.1) is 0 Å². The van der Waals surface area contributed by atoms with Gasteiger partial charge in [-0.3, -0.25) is 0 Å². The van der Waals surface area contributed by atoms with Crippen LogP contribution in [0.3, 0.4) is 0 Å². The summed E-state index contributed by atoms with van der Waals surface area (Å²) in [6.07, 6.45) is 1.97. The third kappa shape index (κ3) is 4.90. The topological polar surface area (TPSA) is 43.0 Å². The van der Waals surface area contributed by atoms with Crippen molar-refractivity contribution in [1.29, 1.82) is 0 Å². The lowest BCUT2D eigenvalue weighted by molar-refractivity contribution is 0.217. The Morgan fingerprint density at radius 2 is 1.70 bits per heavy atom. The van der Waals surface area contributed by atoms with Crippen LogP contribution in [0.5, 0.6) is 17.2 Å². The van der Waals surface area contributed by atoms with E-state index in [2.05, 4.69) is 61.3 Å². The van der Waals surface area contributed by atoms with Crippen molar-refractivity contribution in [2.75, 3.05) is 47.0 Å². The zero-order valence-corrected chi connectivity index (χ0v) is 19.1. The number of likely N-dealkylation sites (N-methyl/N-ethyl adjacent to an activating group) is 1. The number of hydrogen-bond donors (Lipinski definition) is 1. The van der Waals surface area contributed by atoms with Crippen molar-refractivity contribution in [2.45, 2.75) is 39.7 Å². The number of ether oxygens (including phenoxy) is 3. The normalized spacial score (nSPS) is 15.7. The molecule has 0 spiro atoms. The number of methoxy groups -OCH3 is 2. The molecule has 3 rings (SSSR count). The molecule has 1 N–H and O–H groups in total. The van der Waals surface area contributed by atoms with Gasteiger partial charge >= 0.3 is 0 Å². The maximum absolute atomic E-state index is 6.19. The van der Waals surface area contributed by atoms with Gasteiger partial charge in [-0.05, 0) is 60.8 Å². The fraction of sp³-hybridized carbons (Fsp3) is 0.520. The van der Waals surface area contributed by atoms with Crippen molar-refractivity contribution in [2.24, 2.45) is 0 Å². The highest BCUT2D eigenvalue weighted by Gasteiger charge is 2.26. The highest BCUT2D eigenvalue weighted by Crippen LogP contribution is 2.40. The van der Waals surface area contributed by atoms with Gasteiger partial charge in [0.15, 0.2) is 11.5 Å². The molecule has 0 aliphatic carbocycles. The van der Waals surface area contributed by atoms with Crippen molar-refractivity contribution in [3.8, 4) is 17.2 Å². The number of nitrogens with zero attached hydrogens (tertiary/aromatic N) is 1. The van der Waals surface area contributed by atoms with E-state index in [0.717, 1.165) is 56.3 Å². The van der Waals surface area contributed by atoms with Crippen molar-refractivity contribution in [1.82, 2.24) is 10.2 Å². The summed E-state index contributed by atoms with van der Waals surface area (Å²) in [5.41, 5.74) is 5.03. The number of fused-ring (bicyclic) bond motifs is 1. The lowest BCUT2D eigenvalue weighted by atomic mass is 9.88. The Morgan fingerprint density at radius 3 is 2.37 bits per heavy atom. The molecule has 0 amide bonds. The molecule has 30 heavy (non-hydrogen) atoms. The maximum Gasteiger partial charge on any atom is 0.161 e. The smallest absolute Gasteiger partial charge is 0.161 e. The summed E-state index contributed by atoms with van der Waals surface area (Å²) in [5.74, 6) is 2.53. The molecule has 1 aliphatic rings. The van der Waals surface area contributed by atoms with Gasteiger partial charge in [0, 0.05) is 18.7 Å². The molecular weight excluding hydrogens is 376 g/mol. The standard InChI is InChI=1S/C25H36N2O3/c1-6-18-9-10-22(28-4)21(15-18)25-20-17-24(30-14-13-27(7-2)8-3)23(29-5)16-19(20)11-12-26-25/h9-10,15-17,25-26H,6-8,11-14H2,1-5H3. The fourth-order valence-electron chi connectivity index (χ4n) is 4.17. The average molecular weight is 413 g/mol. The Morgan fingerprint density at radius 1 is 0.933 bits per heavy atom. The minimum absolute atomic E-state index is 0.0752. The predicted octanol–water partition coefficient (Wildman–Crippen LogP) is 4.22. The van der Waals surface area contributed by atoms with Gasteiger partial charge in [0.25, 0.3) is 0 Å². The number of benzene rings is 2. The molecule has 164 valence electrons. The molecule has 1 aliphatic heterocycles. The van der Waals surface area contributed by atoms with Crippen molar-refractivity contribution < 1.29 is 14.2 Å². The highest BCUT2D eigenvalue weighted by molar-refractivity contribution is 5.54. The van der Waals surface area contributed by atoms with E-state index in [9.17, 15) is 0 Å². The van der Waals surface area contributed by atoms with Crippen LogP contribution in [-0.4, -0.2) is 51.9 Å². The van der Waals surface area contributed by atoms with Gasteiger partial charge in [0.05, 0.1) is 20.3 Å². The molecule has 0 saturated heterocycles. The second kappa shape index (κ2) is 10.7. The first kappa shape index (κ1) is 22.4. The number of nitrogens with one attached hydrogen (secondary N) is 1. The fourth-order valence-corrected chi connectivity index (χ4v) is 4.17. The van der Waals surface area contributed by atoms with Crippen LogP contribution in [-0.2, 0) is 12.8 Å². The molecule has 0 aromatic heterocycles. The van der Waals surface area contributed by atoms with E-state index in [4.69, 9.17) is 14.2 Å². The minimum atomic E-state index is 0.0752. The molecular formula is C25H36N2O3. The molecule has 0 saturated carbocycles. The Kier molecular flexibility index (Phi) is 8.00. The molecule has 5 heteroatoms. The largest absolute Gasteiger partial charge is 0.496 e. The lowest BCUT2D eigenvalue weighted by Crippen LogP contribution is -2.31. The van der Waals surface area contributed by atoms with E-state index >= 15 is 0 Å². The van der Waals surface area contributed by atoms with Crippen molar-refractivity contribution >= 4 is 0 Å². The molecule has 1 heterocycles. The van der Waals surface area contributed by atoms with Gasteiger partial charge in [0.2, 0.25) is 0 Å². The van der Waals surface area contributed by atoms with Gasteiger partial charge in [-0.1, -0.05) is 32.9 Å². The Balaban J connectivity index is 1.94. The monoisotopic (exact) mass is 412 g/mol. The van der Waals surface area contributed by atoms with Crippen LogP contribution in [0.25, 0.3) is 0 Å². The molecule has 0 fully saturated rings. The van der Waals surface area contributed by atoms with Crippen LogP contribution >= 0.6 is 0 Å². The quantitative estimate of drug-likeness (QED) is 0.633. The predicted molar refractivity (Wildman–Crippen MR) is 122 cm³/mol. The molecule has 1 atom stereocenters. The average Bonchev–Trinajstić information content (AvgIpc) is 2.80. The first-order chi connectivity index (χ1) is 14.6. The van der Waals surface area contributed by atoms with Crippen LogP contribution in [0.4, 0.5) is 0 Å². The summed E-state index contributed by atoms with van der Waals surface area (Å²) < 4.78 is 17.6. The number of aryl methyl sites for hydroxylation is 1. The molecule has 5 nitrogen and oxygen atoms in total. The Hall–Kier alpha value is -2.24. The summed E-state index contributed by atoms with van der Waals surface area (Å²) >= 11 is 0. The van der Waals surface area contributed by atoms with E-state index < -0.39 is 0 Å². The Bertz CT molecular complexity index is 833. The Labute approximate surface area is 181 Å². The van der Waals surface area contributed by atoms with Gasteiger partial charge in [0.1, 0.15) is 12.4 Å². The highest BCUT2D eigenvalue weighted by atomic mass is 16.5. The second-order valence-electron chi connectivity index (χ2n) is 7.64. The molecule has 1 unspecified atom stereocenters. The van der Waals surface area contributed by atoms with Crippen LogP contribution < -0.4 is 19.5 Å². The zero-order chi connectivity index (χ0) is 21.5. The van der Waals surface area contributed by atoms with E-state index in [1.54, 1.807) is 14.2 Å². The minimum Gasteiger partial charge on any atom is -0.496 e. The molecule has 2 aromatic carbocycles. The molecule has 0 bridgehead atoms. The van der Waals surface area contributed by atoms with Gasteiger partial charge in [-0.15, -0.1) is 0 Å². The van der Waals surface area contributed by atoms with Crippen LogP contribution in [0.1, 0.15) is 49.1 Å². The van der Waals surface area contributed by atoms with Gasteiger partial charge in [-0.25, -0.2) is 0 Å². The van der Waals surface area contributed by atoms with E-state index in [0.29, 0.717) is 6.61 Å². The summed E-state index contributed by atoms with van der Waals surface area (Å²) in [4.78, 5) is 2.36. The van der Waals surface area contributed by atoms with Gasteiger partial charge < -0.3 is 24.4 Å². The maximum atomic E-state index is 6.19. The summed E-state index contributed by atoms with van der Waals surface area (Å²) in [5, 5.41) is 3.69. The lowest BCUT2D eigenvalue weighted by Gasteiger charge is -2.30. The zero-order valence-electron chi connectivity index (χ0n) is 19.1. The van der Waals surface area contributed by atoms with Gasteiger partial charge in [-0.2, -0.15) is 0 Å². The number of rotatable bonds is 10. The van der Waals surface area contributed by atoms with E-state index in [1.807, 2.05) is 0 Å². The number of hydrogen-bond acceptors (Lipinski definition) is 5. The third-order valence-corrected chi connectivity index (χ3v) is 6.05. The summed E-state index contributed by atoms with van der Waals surface area (Å²) in [6, 6.07) is 10.9. The third-order valence-electron chi connectivity index (χ3n) is 6.05. The second-order valence-corrected chi connectivity index (χ2v) is 7.64. The first-order valence-corrected chi connectivity index (χ1v) is 11.1. The SMILES string of the molecule is CCc1ccc(OC)c(C2NCCc3cc(OC)c(OCCN(CC)CC)cc32)c1. The van der Waals surface area contributed by atoms with E-state index in [-0.39, 0.29) is 6.04 Å².